The molecular weight excluding hydrogens is 276 g/mol. The van der Waals surface area contributed by atoms with Gasteiger partial charge in [-0.25, -0.2) is 9.37 Å². The highest BCUT2D eigenvalue weighted by molar-refractivity contribution is 5.94. The molecule has 0 aliphatic heterocycles. The molecule has 2 rings (SSSR count). The fourth-order valence-corrected chi connectivity index (χ4v) is 1.87. The molecule has 6 heteroatoms. The van der Waals surface area contributed by atoms with Crippen LogP contribution >= 0.6 is 0 Å². The average Bonchev–Trinajstić information content (AvgIpc) is 2.49. The van der Waals surface area contributed by atoms with Crippen molar-refractivity contribution in [1.29, 1.82) is 5.26 Å². The van der Waals surface area contributed by atoms with E-state index < -0.39 is 17.7 Å². The normalized spacial score (nSPS) is 10.0. The number of rotatable bonds is 3. The second kappa shape index (κ2) is 6.09. The van der Waals surface area contributed by atoms with Gasteiger partial charge in [0.05, 0.1) is 17.2 Å². The molecule has 1 heterocycles. The van der Waals surface area contributed by atoms with E-state index in [4.69, 9.17) is 5.26 Å². The highest BCUT2D eigenvalue weighted by atomic mass is 19.2. The molecule has 0 bridgehead atoms. The highest BCUT2D eigenvalue weighted by Crippen LogP contribution is 2.13. The topological polar surface area (TPSA) is 57.0 Å². The van der Waals surface area contributed by atoms with Gasteiger partial charge >= 0.3 is 0 Å². The molecule has 0 saturated heterocycles. The Morgan fingerprint density at radius 2 is 2.14 bits per heavy atom. The van der Waals surface area contributed by atoms with Crippen LogP contribution in [0.4, 0.5) is 8.78 Å². The predicted molar refractivity (Wildman–Crippen MR) is 71.1 cm³/mol. The van der Waals surface area contributed by atoms with Crippen LogP contribution in [0.15, 0.2) is 36.5 Å². The van der Waals surface area contributed by atoms with Crippen molar-refractivity contribution < 1.29 is 13.6 Å². The number of aromatic nitrogens is 1. The first-order chi connectivity index (χ1) is 10.0. The Labute approximate surface area is 120 Å². The fraction of sp³-hybridized carbons (Fsp3) is 0.133. The summed E-state index contributed by atoms with van der Waals surface area (Å²) < 4.78 is 26.6. The lowest BCUT2D eigenvalue weighted by Gasteiger charge is -2.17. The summed E-state index contributed by atoms with van der Waals surface area (Å²) in [6, 6.07) is 9.84. The minimum Gasteiger partial charge on any atom is -0.337 e. The van der Waals surface area contributed by atoms with Crippen molar-refractivity contribution in [1.82, 2.24) is 9.88 Å². The van der Waals surface area contributed by atoms with E-state index in [1.165, 1.54) is 11.9 Å². The molecule has 0 aliphatic carbocycles. The van der Waals surface area contributed by atoms with Crippen molar-refractivity contribution in [2.75, 3.05) is 7.05 Å². The van der Waals surface area contributed by atoms with Gasteiger partial charge in [0, 0.05) is 19.8 Å². The molecule has 0 saturated carbocycles. The molecule has 0 spiro atoms. The molecule has 0 N–H and O–H groups in total. The molecule has 4 nitrogen and oxygen atoms in total. The number of carbonyl (C=O) groups is 1. The van der Waals surface area contributed by atoms with Crippen LogP contribution in [0.25, 0.3) is 0 Å². The van der Waals surface area contributed by atoms with Crippen molar-refractivity contribution in [3.63, 3.8) is 0 Å². The molecule has 21 heavy (non-hydrogen) atoms. The van der Waals surface area contributed by atoms with E-state index >= 15 is 0 Å². The third-order valence-corrected chi connectivity index (χ3v) is 2.90. The number of pyridine rings is 1. The van der Waals surface area contributed by atoms with E-state index in [1.807, 2.05) is 6.07 Å². The van der Waals surface area contributed by atoms with E-state index in [-0.39, 0.29) is 12.1 Å². The molecule has 0 atom stereocenters. The Bertz CT molecular complexity index is 725. The van der Waals surface area contributed by atoms with Crippen molar-refractivity contribution in [2.45, 2.75) is 6.54 Å². The van der Waals surface area contributed by atoms with Crippen LogP contribution in [0.2, 0.25) is 0 Å². The van der Waals surface area contributed by atoms with Crippen LogP contribution in [0.3, 0.4) is 0 Å². The lowest BCUT2D eigenvalue weighted by atomic mass is 10.1. The lowest BCUT2D eigenvalue weighted by molar-refractivity contribution is 0.0779. The number of carbonyl (C=O) groups excluding carboxylic acids is 1. The number of hydrogen-bond donors (Lipinski definition) is 0. The first-order valence-electron chi connectivity index (χ1n) is 6.07. The Balaban J connectivity index is 2.20. The summed E-state index contributed by atoms with van der Waals surface area (Å²) in [7, 11) is 1.47. The zero-order valence-corrected chi connectivity index (χ0v) is 11.2. The maximum Gasteiger partial charge on any atom is 0.257 e. The number of hydrogen-bond acceptors (Lipinski definition) is 3. The van der Waals surface area contributed by atoms with E-state index in [9.17, 15) is 13.6 Å². The van der Waals surface area contributed by atoms with Crippen molar-refractivity contribution in [2.24, 2.45) is 0 Å². The van der Waals surface area contributed by atoms with Gasteiger partial charge in [-0.15, -0.1) is 0 Å². The molecule has 0 radical (unpaired) electrons. The standard InChI is InChI=1S/C15H11F2N3O/c1-20(9-11-4-2-3-10(7-11)8-18)15(21)12-5-6-19-14(17)13(12)16/h2-7H,9H2,1H3. The van der Waals surface area contributed by atoms with E-state index in [1.54, 1.807) is 24.3 Å². The van der Waals surface area contributed by atoms with Gasteiger partial charge in [0.25, 0.3) is 5.91 Å². The van der Waals surface area contributed by atoms with Gasteiger partial charge in [0.2, 0.25) is 5.95 Å². The van der Waals surface area contributed by atoms with Crippen molar-refractivity contribution >= 4 is 5.91 Å². The Morgan fingerprint density at radius 3 is 2.86 bits per heavy atom. The van der Waals surface area contributed by atoms with Gasteiger partial charge in [0.1, 0.15) is 0 Å². The van der Waals surface area contributed by atoms with Crippen LogP contribution < -0.4 is 0 Å². The maximum absolute atomic E-state index is 13.5. The Morgan fingerprint density at radius 1 is 1.38 bits per heavy atom. The van der Waals surface area contributed by atoms with Gasteiger partial charge in [-0.2, -0.15) is 9.65 Å². The summed E-state index contributed by atoms with van der Waals surface area (Å²) in [5.74, 6) is -3.22. The molecule has 0 fully saturated rings. The largest absolute Gasteiger partial charge is 0.337 e. The molecule has 106 valence electrons. The van der Waals surface area contributed by atoms with Gasteiger partial charge in [0.15, 0.2) is 5.82 Å². The molecule has 2 aromatic rings. The van der Waals surface area contributed by atoms with E-state index in [0.717, 1.165) is 17.8 Å². The predicted octanol–water partition coefficient (Wildman–Crippen LogP) is 2.50. The quantitative estimate of drug-likeness (QED) is 0.815. The van der Waals surface area contributed by atoms with Crippen LogP contribution in [0.1, 0.15) is 21.5 Å². The van der Waals surface area contributed by atoms with Crippen LogP contribution in [0, 0.1) is 23.1 Å². The zero-order chi connectivity index (χ0) is 15.4. The first kappa shape index (κ1) is 14.6. The van der Waals surface area contributed by atoms with Gasteiger partial charge < -0.3 is 4.90 Å². The third-order valence-electron chi connectivity index (χ3n) is 2.90. The molecule has 1 aromatic heterocycles. The lowest BCUT2D eigenvalue weighted by Crippen LogP contribution is -2.27. The minimum absolute atomic E-state index is 0.178. The first-order valence-corrected chi connectivity index (χ1v) is 6.07. The summed E-state index contributed by atoms with van der Waals surface area (Å²) >= 11 is 0. The SMILES string of the molecule is CN(Cc1cccc(C#N)c1)C(=O)c1ccnc(F)c1F. The number of benzene rings is 1. The maximum atomic E-state index is 13.5. The molecule has 1 aromatic carbocycles. The van der Waals surface area contributed by atoms with Crippen molar-refractivity contribution in [3.05, 3.63) is 65.0 Å². The monoisotopic (exact) mass is 287 g/mol. The number of nitrogens with zero attached hydrogens (tertiary/aromatic N) is 3. The molecular formula is C15H11F2N3O. The summed E-state index contributed by atoms with van der Waals surface area (Å²) in [5, 5.41) is 8.82. The van der Waals surface area contributed by atoms with Gasteiger partial charge in [-0.1, -0.05) is 12.1 Å². The second-order valence-electron chi connectivity index (χ2n) is 4.44. The average molecular weight is 287 g/mol. The number of amides is 1. The smallest absolute Gasteiger partial charge is 0.257 e. The molecule has 1 amide bonds. The second-order valence-corrected chi connectivity index (χ2v) is 4.44. The zero-order valence-electron chi connectivity index (χ0n) is 11.2. The highest BCUT2D eigenvalue weighted by Gasteiger charge is 2.19. The van der Waals surface area contributed by atoms with E-state index in [0.29, 0.717) is 5.56 Å². The van der Waals surface area contributed by atoms with Gasteiger partial charge in [-0.05, 0) is 23.8 Å². The summed E-state index contributed by atoms with van der Waals surface area (Å²) in [5.41, 5.74) is 0.816. The third kappa shape index (κ3) is 3.20. The summed E-state index contributed by atoms with van der Waals surface area (Å²) in [6.07, 6.45) is 1.04. The Hall–Kier alpha value is -2.81. The number of halogens is 2. The van der Waals surface area contributed by atoms with Crippen LogP contribution in [-0.2, 0) is 6.54 Å². The van der Waals surface area contributed by atoms with Crippen LogP contribution in [0.5, 0.6) is 0 Å². The number of nitriles is 1. The van der Waals surface area contributed by atoms with Crippen molar-refractivity contribution in [3.8, 4) is 6.07 Å². The van der Waals surface area contributed by atoms with E-state index in [2.05, 4.69) is 4.98 Å². The molecule has 0 unspecified atom stereocenters. The Kier molecular flexibility index (Phi) is 4.24. The van der Waals surface area contributed by atoms with Gasteiger partial charge in [-0.3, -0.25) is 4.79 Å². The summed E-state index contributed by atoms with van der Waals surface area (Å²) in [4.78, 5) is 16.5. The fourth-order valence-electron chi connectivity index (χ4n) is 1.87. The summed E-state index contributed by atoms with van der Waals surface area (Å²) in [6.45, 7) is 0.178. The van der Waals surface area contributed by atoms with Crippen LogP contribution in [-0.4, -0.2) is 22.8 Å². The molecule has 0 aliphatic rings. The minimum atomic E-state index is -1.30.